The maximum atomic E-state index is 12.0. The molecule has 1 atom stereocenters. The third kappa shape index (κ3) is 5.16. The van der Waals surface area contributed by atoms with Crippen LogP contribution in [0.4, 0.5) is 0 Å². The molecule has 0 unspecified atom stereocenters. The van der Waals surface area contributed by atoms with Gasteiger partial charge in [0.1, 0.15) is 6.04 Å². The van der Waals surface area contributed by atoms with Crippen LogP contribution in [0.25, 0.3) is 0 Å². The molecule has 20 heavy (non-hydrogen) atoms. The molecule has 0 aromatic heterocycles. The number of carboxylic acids is 1. The van der Waals surface area contributed by atoms with E-state index in [-0.39, 0.29) is 24.7 Å². The van der Waals surface area contributed by atoms with E-state index in [1.54, 1.807) is 0 Å². The zero-order valence-electron chi connectivity index (χ0n) is 11.5. The zero-order valence-corrected chi connectivity index (χ0v) is 11.5. The van der Waals surface area contributed by atoms with Crippen LogP contribution in [-0.2, 0) is 14.4 Å². The van der Waals surface area contributed by atoms with Gasteiger partial charge in [0.2, 0.25) is 11.8 Å². The predicted octanol–water partition coefficient (Wildman–Crippen LogP) is -0.414. The average Bonchev–Trinajstić information content (AvgIpc) is 2.42. The molecule has 2 amide bonds. The Morgan fingerprint density at radius 2 is 1.80 bits per heavy atom. The second-order valence-corrected chi connectivity index (χ2v) is 5.36. The van der Waals surface area contributed by atoms with Gasteiger partial charge in [-0.1, -0.05) is 0 Å². The average molecular weight is 285 g/mol. The molecule has 0 radical (unpaired) electrons. The van der Waals surface area contributed by atoms with Crippen LogP contribution >= 0.6 is 0 Å². The lowest BCUT2D eigenvalue weighted by atomic mass is 9.81. The molecule has 0 aromatic carbocycles. The topological polar surface area (TPSA) is 136 Å². The Bertz CT molecular complexity index is 365. The molecule has 0 spiro atoms. The zero-order chi connectivity index (χ0) is 15.1. The lowest BCUT2D eigenvalue weighted by Crippen LogP contribution is -2.45. The molecule has 1 aliphatic rings. The van der Waals surface area contributed by atoms with Crippen LogP contribution in [0.15, 0.2) is 0 Å². The predicted molar refractivity (Wildman–Crippen MR) is 72.5 cm³/mol. The highest BCUT2D eigenvalue weighted by Gasteiger charge is 2.28. The van der Waals surface area contributed by atoms with Crippen molar-refractivity contribution in [2.24, 2.45) is 23.3 Å². The number of nitrogens with two attached hydrogens (primary N) is 2. The largest absolute Gasteiger partial charge is 0.480 e. The van der Waals surface area contributed by atoms with Crippen molar-refractivity contribution in [1.29, 1.82) is 0 Å². The van der Waals surface area contributed by atoms with Crippen LogP contribution in [-0.4, -0.2) is 35.5 Å². The fourth-order valence-electron chi connectivity index (χ4n) is 2.49. The van der Waals surface area contributed by atoms with Crippen molar-refractivity contribution < 1.29 is 19.5 Å². The van der Waals surface area contributed by atoms with Gasteiger partial charge in [-0.3, -0.25) is 9.59 Å². The number of aliphatic carboxylic acids is 1. The molecule has 0 bridgehead atoms. The monoisotopic (exact) mass is 285 g/mol. The summed E-state index contributed by atoms with van der Waals surface area (Å²) < 4.78 is 0. The quantitative estimate of drug-likeness (QED) is 0.504. The maximum absolute atomic E-state index is 12.0. The van der Waals surface area contributed by atoms with Gasteiger partial charge in [-0.05, 0) is 44.6 Å². The molecule has 0 heterocycles. The number of rotatable bonds is 7. The third-order valence-corrected chi connectivity index (χ3v) is 3.84. The van der Waals surface area contributed by atoms with E-state index in [0.29, 0.717) is 12.5 Å². The molecule has 6 N–H and O–H groups in total. The maximum Gasteiger partial charge on any atom is 0.326 e. The first-order valence-corrected chi connectivity index (χ1v) is 6.95. The molecule has 114 valence electrons. The van der Waals surface area contributed by atoms with E-state index in [1.165, 1.54) is 0 Å². The normalized spacial score (nSPS) is 23.9. The Morgan fingerprint density at radius 1 is 1.20 bits per heavy atom. The summed E-state index contributed by atoms with van der Waals surface area (Å²) in [5.41, 5.74) is 10.6. The Kier molecular flexibility index (Phi) is 6.44. The highest BCUT2D eigenvalue weighted by atomic mass is 16.4. The van der Waals surface area contributed by atoms with E-state index in [0.717, 1.165) is 25.7 Å². The summed E-state index contributed by atoms with van der Waals surface area (Å²) in [7, 11) is 0. The van der Waals surface area contributed by atoms with Crippen molar-refractivity contribution in [2.75, 3.05) is 6.54 Å². The summed E-state index contributed by atoms with van der Waals surface area (Å²) in [6, 6.07) is -1.05. The molecule has 0 aromatic rings. The molecule has 1 fully saturated rings. The number of carbonyl (C=O) groups is 3. The highest BCUT2D eigenvalue weighted by Crippen LogP contribution is 2.28. The minimum absolute atomic E-state index is 0.0224. The summed E-state index contributed by atoms with van der Waals surface area (Å²) in [6.45, 7) is 0.630. The number of amides is 2. The summed E-state index contributed by atoms with van der Waals surface area (Å²) >= 11 is 0. The van der Waals surface area contributed by atoms with Gasteiger partial charge in [-0.15, -0.1) is 0 Å². The molecule has 1 aliphatic carbocycles. The second-order valence-electron chi connectivity index (χ2n) is 5.36. The van der Waals surface area contributed by atoms with E-state index >= 15 is 0 Å². The van der Waals surface area contributed by atoms with Crippen LogP contribution in [0.2, 0.25) is 0 Å². The van der Waals surface area contributed by atoms with Crippen LogP contribution in [0.5, 0.6) is 0 Å². The minimum Gasteiger partial charge on any atom is -0.480 e. The number of hydrogen-bond donors (Lipinski definition) is 4. The van der Waals surface area contributed by atoms with Crippen molar-refractivity contribution in [1.82, 2.24) is 5.32 Å². The third-order valence-electron chi connectivity index (χ3n) is 3.84. The minimum atomic E-state index is -1.14. The van der Waals surface area contributed by atoms with Crippen molar-refractivity contribution in [3.63, 3.8) is 0 Å². The Hall–Kier alpha value is -1.63. The van der Waals surface area contributed by atoms with Gasteiger partial charge in [-0.25, -0.2) is 4.79 Å². The fraction of sp³-hybridized carbons (Fsp3) is 0.769. The number of primary amides is 1. The molecule has 0 aliphatic heterocycles. The standard InChI is InChI=1S/C13H23N3O4/c14-7-8-1-3-9(4-2-8)12(18)16-10(13(19)20)5-6-11(15)17/h8-10H,1-7,14H2,(H2,15,17)(H,16,18)(H,19,20)/t8?,9?,10-/m1/s1. The van der Waals surface area contributed by atoms with Crippen LogP contribution in [0, 0.1) is 11.8 Å². The molecule has 7 nitrogen and oxygen atoms in total. The lowest BCUT2D eigenvalue weighted by molar-refractivity contribution is -0.143. The van der Waals surface area contributed by atoms with Crippen molar-refractivity contribution in [3.8, 4) is 0 Å². The van der Waals surface area contributed by atoms with Gasteiger partial charge >= 0.3 is 5.97 Å². The van der Waals surface area contributed by atoms with Crippen molar-refractivity contribution in [3.05, 3.63) is 0 Å². The second kappa shape index (κ2) is 7.84. The first kappa shape index (κ1) is 16.4. The Labute approximate surface area is 118 Å². The lowest BCUT2D eigenvalue weighted by Gasteiger charge is -2.27. The van der Waals surface area contributed by atoms with E-state index in [1.807, 2.05) is 0 Å². The van der Waals surface area contributed by atoms with Crippen LogP contribution in [0.1, 0.15) is 38.5 Å². The SMILES string of the molecule is NCC1CCC(C(=O)N[C@H](CCC(N)=O)C(=O)O)CC1. The summed E-state index contributed by atoms with van der Waals surface area (Å²) in [5.74, 6) is -1.67. The number of carbonyl (C=O) groups excluding carboxylic acids is 2. The highest BCUT2D eigenvalue weighted by molar-refractivity contribution is 5.85. The summed E-state index contributed by atoms with van der Waals surface area (Å²) in [6.07, 6.45) is 3.22. The van der Waals surface area contributed by atoms with Crippen LogP contribution < -0.4 is 16.8 Å². The first-order valence-electron chi connectivity index (χ1n) is 6.95. The van der Waals surface area contributed by atoms with Crippen molar-refractivity contribution >= 4 is 17.8 Å². The molecular formula is C13H23N3O4. The molecule has 7 heteroatoms. The van der Waals surface area contributed by atoms with Gasteiger partial charge in [0.15, 0.2) is 0 Å². The molecule has 0 saturated heterocycles. The Balaban J connectivity index is 2.45. The number of hydrogen-bond acceptors (Lipinski definition) is 4. The van der Waals surface area contributed by atoms with Gasteiger partial charge in [0.25, 0.3) is 0 Å². The molecule has 1 saturated carbocycles. The van der Waals surface area contributed by atoms with Gasteiger partial charge in [0.05, 0.1) is 0 Å². The first-order chi connectivity index (χ1) is 9.43. The summed E-state index contributed by atoms with van der Waals surface area (Å²) in [4.78, 5) is 33.8. The van der Waals surface area contributed by atoms with E-state index < -0.39 is 17.9 Å². The number of carboxylic acid groups (broad SMARTS) is 1. The smallest absolute Gasteiger partial charge is 0.326 e. The summed E-state index contributed by atoms with van der Waals surface area (Å²) in [5, 5.41) is 11.5. The van der Waals surface area contributed by atoms with Crippen molar-refractivity contribution in [2.45, 2.75) is 44.6 Å². The van der Waals surface area contributed by atoms with Gasteiger partial charge in [0, 0.05) is 12.3 Å². The Morgan fingerprint density at radius 3 is 2.25 bits per heavy atom. The van der Waals surface area contributed by atoms with Gasteiger partial charge in [-0.2, -0.15) is 0 Å². The van der Waals surface area contributed by atoms with Gasteiger partial charge < -0.3 is 21.9 Å². The fourth-order valence-corrected chi connectivity index (χ4v) is 2.49. The molecule has 1 rings (SSSR count). The van der Waals surface area contributed by atoms with E-state index in [4.69, 9.17) is 16.6 Å². The van der Waals surface area contributed by atoms with Crippen LogP contribution in [0.3, 0.4) is 0 Å². The van der Waals surface area contributed by atoms with E-state index in [9.17, 15) is 14.4 Å². The van der Waals surface area contributed by atoms with E-state index in [2.05, 4.69) is 5.32 Å². The number of nitrogens with one attached hydrogen (secondary N) is 1. The molecular weight excluding hydrogens is 262 g/mol.